The molecule has 3 N–H and O–H groups in total. The van der Waals surface area contributed by atoms with Crippen LogP contribution < -0.4 is 0 Å². The van der Waals surface area contributed by atoms with Crippen LogP contribution in [0.1, 0.15) is 84.0 Å². The molecule has 0 amide bonds. The molecule has 0 radical (unpaired) electrons. The molecule has 22 heavy (non-hydrogen) atoms. The highest BCUT2D eigenvalue weighted by atomic mass is 16.4. The fourth-order valence-electron chi connectivity index (χ4n) is 2.43. The third-order valence-electron chi connectivity index (χ3n) is 3.82. The standard InChI is InChI=1S/C18H34O4/c1-2-3-8-11-16(19)14-15-17(20)12-9-6-4-5-7-10-13-18(21)22/h3,8,16-17,19-20H,2,4-7,9-15H2,1H3,(H,21,22). The number of rotatable bonds is 15. The van der Waals surface area contributed by atoms with Crippen molar-refractivity contribution in [3.05, 3.63) is 12.2 Å². The number of hydrogen-bond donors (Lipinski definition) is 3. The SMILES string of the molecule is CCC=CCC(O)CCC(O)CCCCCCCCC(=O)O. The Bertz CT molecular complexity index is 289. The van der Waals surface area contributed by atoms with Crippen molar-refractivity contribution < 1.29 is 20.1 Å². The number of carbonyl (C=O) groups is 1. The molecule has 0 bridgehead atoms. The third kappa shape index (κ3) is 15.5. The molecule has 0 aromatic carbocycles. The summed E-state index contributed by atoms with van der Waals surface area (Å²) in [7, 11) is 0. The Morgan fingerprint density at radius 1 is 0.864 bits per heavy atom. The van der Waals surface area contributed by atoms with E-state index in [4.69, 9.17) is 5.11 Å². The summed E-state index contributed by atoms with van der Waals surface area (Å²) in [6.07, 6.45) is 13.5. The fraction of sp³-hybridized carbons (Fsp3) is 0.833. The van der Waals surface area contributed by atoms with Crippen LogP contribution in [0, 0.1) is 0 Å². The molecule has 0 aliphatic rings. The molecular formula is C18H34O4. The lowest BCUT2D eigenvalue weighted by Crippen LogP contribution is -2.12. The van der Waals surface area contributed by atoms with Crippen molar-refractivity contribution in [1.82, 2.24) is 0 Å². The van der Waals surface area contributed by atoms with E-state index in [9.17, 15) is 15.0 Å². The van der Waals surface area contributed by atoms with Gasteiger partial charge < -0.3 is 15.3 Å². The van der Waals surface area contributed by atoms with Crippen LogP contribution in [0.15, 0.2) is 12.2 Å². The maximum absolute atomic E-state index is 10.3. The molecule has 0 saturated heterocycles. The average molecular weight is 314 g/mol. The predicted octanol–water partition coefficient (Wildman–Crippen LogP) is 4.05. The molecule has 4 heteroatoms. The quantitative estimate of drug-likeness (QED) is 0.315. The molecule has 0 fully saturated rings. The van der Waals surface area contributed by atoms with Gasteiger partial charge in [0.2, 0.25) is 0 Å². The topological polar surface area (TPSA) is 77.8 Å². The van der Waals surface area contributed by atoms with Crippen molar-refractivity contribution in [3.63, 3.8) is 0 Å². The van der Waals surface area contributed by atoms with E-state index in [1.807, 2.05) is 6.08 Å². The van der Waals surface area contributed by atoms with E-state index in [-0.39, 0.29) is 18.6 Å². The minimum absolute atomic E-state index is 0.272. The van der Waals surface area contributed by atoms with E-state index >= 15 is 0 Å². The number of allylic oxidation sites excluding steroid dienone is 1. The first-order valence-electron chi connectivity index (χ1n) is 8.79. The van der Waals surface area contributed by atoms with Gasteiger partial charge in [0.05, 0.1) is 12.2 Å². The predicted molar refractivity (Wildman–Crippen MR) is 89.9 cm³/mol. The van der Waals surface area contributed by atoms with Gasteiger partial charge >= 0.3 is 5.97 Å². The van der Waals surface area contributed by atoms with Crippen molar-refractivity contribution >= 4 is 5.97 Å². The molecule has 0 aliphatic carbocycles. The summed E-state index contributed by atoms with van der Waals surface area (Å²) in [6.45, 7) is 2.07. The number of unbranched alkanes of at least 4 members (excludes halogenated alkanes) is 5. The second-order valence-corrected chi connectivity index (χ2v) is 6.05. The molecular weight excluding hydrogens is 280 g/mol. The Labute approximate surface area is 135 Å². The van der Waals surface area contributed by atoms with Crippen molar-refractivity contribution in [2.45, 2.75) is 96.2 Å². The van der Waals surface area contributed by atoms with Crippen LogP contribution in [0.3, 0.4) is 0 Å². The lowest BCUT2D eigenvalue weighted by molar-refractivity contribution is -0.137. The summed E-state index contributed by atoms with van der Waals surface area (Å²) in [6, 6.07) is 0. The number of carboxylic acid groups (broad SMARTS) is 1. The molecule has 4 nitrogen and oxygen atoms in total. The third-order valence-corrected chi connectivity index (χ3v) is 3.82. The second-order valence-electron chi connectivity index (χ2n) is 6.05. The maximum atomic E-state index is 10.3. The van der Waals surface area contributed by atoms with Gasteiger partial charge in [-0.05, 0) is 38.5 Å². The number of aliphatic hydroxyl groups excluding tert-OH is 2. The van der Waals surface area contributed by atoms with Gasteiger partial charge in [0, 0.05) is 6.42 Å². The van der Waals surface area contributed by atoms with Crippen molar-refractivity contribution in [1.29, 1.82) is 0 Å². The molecule has 0 heterocycles. The van der Waals surface area contributed by atoms with Crippen LogP contribution in [-0.4, -0.2) is 33.5 Å². The largest absolute Gasteiger partial charge is 0.481 e. The van der Waals surface area contributed by atoms with E-state index in [1.54, 1.807) is 0 Å². The Kier molecular flexibility index (Phi) is 14.4. The highest BCUT2D eigenvalue weighted by Gasteiger charge is 2.08. The summed E-state index contributed by atoms with van der Waals surface area (Å²) in [4.78, 5) is 10.3. The molecule has 0 aliphatic heterocycles. The van der Waals surface area contributed by atoms with Crippen LogP contribution in [0.4, 0.5) is 0 Å². The molecule has 2 unspecified atom stereocenters. The number of aliphatic hydroxyl groups is 2. The first kappa shape index (κ1) is 21.1. The van der Waals surface area contributed by atoms with Crippen LogP contribution in [0.2, 0.25) is 0 Å². The lowest BCUT2D eigenvalue weighted by atomic mass is 10.0. The summed E-state index contributed by atoms with van der Waals surface area (Å²) in [5, 5.41) is 28.1. The summed E-state index contributed by atoms with van der Waals surface area (Å²) >= 11 is 0. The van der Waals surface area contributed by atoms with Gasteiger partial charge in [0.15, 0.2) is 0 Å². The molecule has 130 valence electrons. The minimum Gasteiger partial charge on any atom is -0.481 e. The van der Waals surface area contributed by atoms with E-state index in [0.717, 1.165) is 51.4 Å². The molecule has 0 aromatic rings. The van der Waals surface area contributed by atoms with E-state index < -0.39 is 5.97 Å². The van der Waals surface area contributed by atoms with Gasteiger partial charge in [-0.15, -0.1) is 0 Å². The van der Waals surface area contributed by atoms with Gasteiger partial charge in [-0.25, -0.2) is 0 Å². The van der Waals surface area contributed by atoms with Gasteiger partial charge in [0.1, 0.15) is 0 Å². The van der Waals surface area contributed by atoms with E-state index in [1.165, 1.54) is 0 Å². The first-order valence-corrected chi connectivity index (χ1v) is 8.79. The highest BCUT2D eigenvalue weighted by Crippen LogP contribution is 2.13. The monoisotopic (exact) mass is 314 g/mol. The molecule has 2 atom stereocenters. The Hall–Kier alpha value is -0.870. The Balaban J connectivity index is 3.37. The zero-order valence-electron chi connectivity index (χ0n) is 14.0. The minimum atomic E-state index is -0.713. The van der Waals surface area contributed by atoms with E-state index in [2.05, 4.69) is 13.0 Å². The number of hydrogen-bond acceptors (Lipinski definition) is 3. The zero-order chi connectivity index (χ0) is 16.6. The van der Waals surface area contributed by atoms with Gasteiger partial charge in [-0.2, -0.15) is 0 Å². The Morgan fingerprint density at radius 3 is 2.09 bits per heavy atom. The molecule has 0 spiro atoms. The molecule has 0 saturated carbocycles. The summed E-state index contributed by atoms with van der Waals surface area (Å²) in [5.74, 6) is -0.713. The van der Waals surface area contributed by atoms with Crippen LogP contribution in [0.25, 0.3) is 0 Å². The zero-order valence-corrected chi connectivity index (χ0v) is 14.0. The molecule has 0 aromatic heterocycles. The lowest BCUT2D eigenvalue weighted by Gasteiger charge is -2.13. The van der Waals surface area contributed by atoms with Gasteiger partial charge in [-0.3, -0.25) is 4.79 Å². The van der Waals surface area contributed by atoms with Crippen molar-refractivity contribution in [2.75, 3.05) is 0 Å². The summed E-state index contributed by atoms with van der Waals surface area (Å²) in [5.41, 5.74) is 0. The van der Waals surface area contributed by atoms with Gasteiger partial charge in [0.25, 0.3) is 0 Å². The van der Waals surface area contributed by atoms with Crippen LogP contribution in [-0.2, 0) is 4.79 Å². The number of aliphatic carboxylic acids is 1. The summed E-state index contributed by atoms with van der Waals surface area (Å²) < 4.78 is 0. The fourth-order valence-corrected chi connectivity index (χ4v) is 2.43. The van der Waals surface area contributed by atoms with Crippen molar-refractivity contribution in [3.8, 4) is 0 Å². The smallest absolute Gasteiger partial charge is 0.303 e. The van der Waals surface area contributed by atoms with Crippen molar-refractivity contribution in [2.24, 2.45) is 0 Å². The van der Waals surface area contributed by atoms with Crippen LogP contribution in [0.5, 0.6) is 0 Å². The second kappa shape index (κ2) is 15.0. The van der Waals surface area contributed by atoms with E-state index in [0.29, 0.717) is 19.3 Å². The first-order chi connectivity index (χ1) is 10.6. The van der Waals surface area contributed by atoms with Gasteiger partial charge in [-0.1, -0.05) is 51.2 Å². The maximum Gasteiger partial charge on any atom is 0.303 e. The average Bonchev–Trinajstić information content (AvgIpc) is 2.47. The molecule has 0 rings (SSSR count). The highest BCUT2D eigenvalue weighted by molar-refractivity contribution is 5.66. The normalized spacial score (nSPS) is 14.3. The van der Waals surface area contributed by atoms with Crippen LogP contribution >= 0.6 is 0 Å². The number of carboxylic acids is 1. The Morgan fingerprint density at radius 2 is 1.45 bits per heavy atom.